The summed E-state index contributed by atoms with van der Waals surface area (Å²) < 4.78 is 4.94. The molecule has 1 unspecified atom stereocenters. The molecular weight excluding hydrogens is 196 g/mol. The first-order valence-electron chi connectivity index (χ1n) is 3.50. The Balaban J connectivity index is 3.17. The number of hydrogen-bond acceptors (Lipinski definition) is 3. The van der Waals surface area contributed by atoms with Crippen LogP contribution in [0.5, 0.6) is 0 Å². The minimum atomic E-state index is -0.365. The van der Waals surface area contributed by atoms with Gasteiger partial charge in [-0.05, 0) is 19.3 Å². The van der Waals surface area contributed by atoms with E-state index in [2.05, 4.69) is 12.6 Å². The van der Waals surface area contributed by atoms with Crippen molar-refractivity contribution in [2.75, 3.05) is 0 Å². The van der Waals surface area contributed by atoms with Crippen molar-refractivity contribution in [1.29, 1.82) is 0 Å². The lowest BCUT2D eigenvalue weighted by atomic mass is 10.1. The molecule has 0 aromatic carbocycles. The first-order chi connectivity index (χ1) is 5.57. The van der Waals surface area contributed by atoms with Gasteiger partial charge in [0, 0.05) is 10.6 Å². The van der Waals surface area contributed by atoms with Crippen molar-refractivity contribution in [3.63, 3.8) is 0 Å². The molecule has 12 heavy (non-hydrogen) atoms. The van der Waals surface area contributed by atoms with Gasteiger partial charge in [0.15, 0.2) is 0 Å². The predicted octanol–water partition coefficient (Wildman–Crippen LogP) is 2.26. The van der Waals surface area contributed by atoms with Crippen LogP contribution in [0.4, 0.5) is 0 Å². The van der Waals surface area contributed by atoms with Crippen molar-refractivity contribution in [3.05, 3.63) is 21.6 Å². The molecule has 2 nitrogen and oxygen atoms in total. The summed E-state index contributed by atoms with van der Waals surface area (Å²) in [6, 6.07) is 0. The highest BCUT2D eigenvalue weighted by Gasteiger charge is 2.32. The topological polar surface area (TPSA) is 26.3 Å². The molecule has 1 rings (SSSR count). The van der Waals surface area contributed by atoms with Crippen molar-refractivity contribution in [1.82, 2.24) is 0 Å². The Labute approximate surface area is 81.6 Å². The molecule has 0 amide bonds. The third-order valence-corrected chi connectivity index (χ3v) is 2.17. The lowest BCUT2D eigenvalue weighted by molar-refractivity contribution is -0.137. The van der Waals surface area contributed by atoms with Crippen LogP contribution >= 0.6 is 24.2 Å². The second kappa shape index (κ2) is 3.54. The zero-order valence-electron chi connectivity index (χ0n) is 6.80. The third kappa shape index (κ3) is 1.52. The Kier molecular flexibility index (Phi) is 2.85. The number of carbonyl (C=O) groups excluding carboxylic acids is 1. The van der Waals surface area contributed by atoms with Crippen molar-refractivity contribution in [3.8, 4) is 0 Å². The fraction of sp³-hybridized carbons (Fsp3) is 0.375. The molecule has 0 saturated carbocycles. The van der Waals surface area contributed by atoms with Crippen LogP contribution in [0.1, 0.15) is 13.8 Å². The second-order valence-electron chi connectivity index (χ2n) is 2.54. The molecule has 0 radical (unpaired) electrons. The number of rotatable bonds is 0. The Morgan fingerprint density at radius 1 is 1.75 bits per heavy atom. The third-order valence-electron chi connectivity index (χ3n) is 1.70. The monoisotopic (exact) mass is 204 g/mol. The molecule has 1 saturated heterocycles. The van der Waals surface area contributed by atoms with Gasteiger partial charge in [-0.3, -0.25) is 0 Å². The average Bonchev–Trinajstić information content (AvgIpc) is 2.24. The highest BCUT2D eigenvalue weighted by atomic mass is 35.5. The highest BCUT2D eigenvalue weighted by molar-refractivity contribution is 7.83. The van der Waals surface area contributed by atoms with Crippen LogP contribution in [0.2, 0.25) is 0 Å². The first-order valence-corrected chi connectivity index (χ1v) is 4.39. The molecule has 1 atom stereocenters. The van der Waals surface area contributed by atoms with Crippen LogP contribution in [-0.2, 0) is 9.53 Å². The van der Waals surface area contributed by atoms with Gasteiger partial charge in [-0.1, -0.05) is 11.6 Å². The van der Waals surface area contributed by atoms with E-state index in [9.17, 15) is 4.79 Å². The number of hydrogen-bond donors (Lipinski definition) is 1. The van der Waals surface area contributed by atoms with Crippen LogP contribution in [0.3, 0.4) is 0 Å². The van der Waals surface area contributed by atoms with Gasteiger partial charge in [0.1, 0.15) is 6.10 Å². The Hall–Kier alpha value is -0.410. The normalized spacial score (nSPS) is 30.8. The van der Waals surface area contributed by atoms with E-state index in [1.807, 2.05) is 0 Å². The molecule has 66 valence electrons. The number of carbonyl (C=O) groups is 1. The molecular formula is C8H9ClO2S. The van der Waals surface area contributed by atoms with Crippen LogP contribution in [0, 0.1) is 0 Å². The van der Waals surface area contributed by atoms with E-state index in [0.29, 0.717) is 10.6 Å². The molecule has 1 aliphatic heterocycles. The molecule has 4 heteroatoms. The summed E-state index contributed by atoms with van der Waals surface area (Å²) in [6.45, 7) is 3.44. The molecule has 1 aliphatic rings. The number of ether oxygens (including phenoxy) is 1. The number of esters is 1. The van der Waals surface area contributed by atoms with Crippen LogP contribution in [0.15, 0.2) is 21.6 Å². The zero-order chi connectivity index (χ0) is 9.30. The van der Waals surface area contributed by atoms with E-state index in [1.54, 1.807) is 19.3 Å². The standard InChI is InChI=1S/C8H9ClO2S/c1-4(9)7-6(3-12)5(2)11-8(7)10/h3,5,12H,1-2H3/b6-3-,7-4-. The van der Waals surface area contributed by atoms with Gasteiger partial charge in [-0.25, -0.2) is 4.79 Å². The van der Waals surface area contributed by atoms with Gasteiger partial charge in [-0.2, -0.15) is 12.6 Å². The van der Waals surface area contributed by atoms with Crippen molar-refractivity contribution < 1.29 is 9.53 Å². The van der Waals surface area contributed by atoms with E-state index in [0.717, 1.165) is 5.57 Å². The van der Waals surface area contributed by atoms with Gasteiger partial charge >= 0.3 is 5.97 Å². The number of allylic oxidation sites excluding steroid dienone is 1. The minimum absolute atomic E-state index is 0.237. The largest absolute Gasteiger partial charge is 0.454 e. The Morgan fingerprint density at radius 3 is 2.67 bits per heavy atom. The molecule has 0 bridgehead atoms. The van der Waals surface area contributed by atoms with Crippen molar-refractivity contribution >= 4 is 30.2 Å². The van der Waals surface area contributed by atoms with Gasteiger partial charge < -0.3 is 4.74 Å². The number of thiol groups is 1. The summed E-state index contributed by atoms with van der Waals surface area (Å²) in [7, 11) is 0. The van der Waals surface area contributed by atoms with E-state index in [1.165, 1.54) is 0 Å². The Morgan fingerprint density at radius 2 is 2.33 bits per heavy atom. The summed E-state index contributed by atoms with van der Waals surface area (Å²) in [4.78, 5) is 11.2. The molecule has 0 N–H and O–H groups in total. The van der Waals surface area contributed by atoms with Crippen LogP contribution in [-0.4, -0.2) is 12.1 Å². The SMILES string of the molecule is C/C(Cl)=C1/C(=O)OC(C)/C1=C/S. The van der Waals surface area contributed by atoms with Crippen LogP contribution < -0.4 is 0 Å². The van der Waals surface area contributed by atoms with Crippen molar-refractivity contribution in [2.45, 2.75) is 20.0 Å². The summed E-state index contributed by atoms with van der Waals surface area (Å²) >= 11 is 9.70. The molecule has 0 aliphatic carbocycles. The highest BCUT2D eigenvalue weighted by Crippen LogP contribution is 2.30. The molecule has 0 aromatic rings. The molecule has 0 spiro atoms. The van der Waals surface area contributed by atoms with Crippen molar-refractivity contribution in [2.24, 2.45) is 0 Å². The number of halogens is 1. The molecule has 0 aromatic heterocycles. The smallest absolute Gasteiger partial charge is 0.340 e. The Bertz CT molecular complexity index is 277. The van der Waals surface area contributed by atoms with E-state index >= 15 is 0 Å². The minimum Gasteiger partial charge on any atom is -0.454 e. The second-order valence-corrected chi connectivity index (χ2v) is 3.37. The van der Waals surface area contributed by atoms with Gasteiger partial charge in [0.2, 0.25) is 0 Å². The zero-order valence-corrected chi connectivity index (χ0v) is 8.45. The fourth-order valence-electron chi connectivity index (χ4n) is 1.11. The quantitative estimate of drug-likeness (QED) is 0.372. The van der Waals surface area contributed by atoms with Crippen LogP contribution in [0.25, 0.3) is 0 Å². The van der Waals surface area contributed by atoms with Gasteiger partial charge in [-0.15, -0.1) is 0 Å². The average molecular weight is 205 g/mol. The summed E-state index contributed by atoms with van der Waals surface area (Å²) in [6.07, 6.45) is -0.237. The van der Waals surface area contributed by atoms with E-state index in [4.69, 9.17) is 16.3 Å². The summed E-state index contributed by atoms with van der Waals surface area (Å²) in [5.41, 5.74) is 1.19. The fourth-order valence-corrected chi connectivity index (χ4v) is 1.64. The van der Waals surface area contributed by atoms with E-state index < -0.39 is 0 Å². The maximum atomic E-state index is 11.2. The molecule has 1 heterocycles. The predicted molar refractivity (Wildman–Crippen MR) is 51.2 cm³/mol. The lowest BCUT2D eigenvalue weighted by Gasteiger charge is -2.00. The maximum absolute atomic E-state index is 11.2. The van der Waals surface area contributed by atoms with E-state index in [-0.39, 0.29) is 12.1 Å². The van der Waals surface area contributed by atoms with Gasteiger partial charge in [0.05, 0.1) is 5.57 Å². The number of cyclic esters (lactones) is 1. The van der Waals surface area contributed by atoms with Gasteiger partial charge in [0.25, 0.3) is 0 Å². The molecule has 1 fully saturated rings. The first kappa shape index (κ1) is 9.68. The summed E-state index contributed by atoms with van der Waals surface area (Å²) in [5.74, 6) is -0.365. The lowest BCUT2D eigenvalue weighted by Crippen LogP contribution is -2.00. The maximum Gasteiger partial charge on any atom is 0.340 e. The summed E-state index contributed by atoms with van der Waals surface area (Å²) in [5, 5.41) is 2.00.